The molecule has 0 saturated heterocycles. The Kier molecular flexibility index (Phi) is 3.99. The van der Waals surface area contributed by atoms with E-state index in [0.29, 0.717) is 17.9 Å². The number of benzene rings is 1. The Morgan fingerprint density at radius 2 is 2.17 bits per heavy atom. The molecule has 94 valence electrons. The van der Waals surface area contributed by atoms with E-state index in [1.54, 1.807) is 6.20 Å². The van der Waals surface area contributed by atoms with E-state index in [1.807, 2.05) is 18.2 Å². The Hall–Kier alpha value is -1.81. The number of pyridine rings is 1. The van der Waals surface area contributed by atoms with Gasteiger partial charge in [0, 0.05) is 30.9 Å². The molecule has 18 heavy (non-hydrogen) atoms. The monoisotopic (exact) mass is 265 g/mol. The summed E-state index contributed by atoms with van der Waals surface area (Å²) in [5.74, 6) is -0.510. The molecule has 0 radical (unpaired) electrons. The molecule has 0 aliphatic carbocycles. The maximum absolute atomic E-state index is 13.1. The molecule has 1 heterocycles. The normalized spacial score (nSPS) is 10.3. The number of anilines is 2. The summed E-state index contributed by atoms with van der Waals surface area (Å²) in [5.41, 5.74) is 7.66. The van der Waals surface area contributed by atoms with Crippen molar-refractivity contribution in [2.45, 2.75) is 6.42 Å². The van der Waals surface area contributed by atoms with Gasteiger partial charge in [0.15, 0.2) is 0 Å². The van der Waals surface area contributed by atoms with Gasteiger partial charge in [0.25, 0.3) is 0 Å². The molecule has 0 saturated carbocycles. The first-order valence-electron chi connectivity index (χ1n) is 5.55. The lowest BCUT2D eigenvalue weighted by atomic mass is 10.2. The number of hydrogen-bond donors (Lipinski definition) is 2. The molecule has 1 aromatic carbocycles. The molecule has 0 spiro atoms. The molecule has 1 aromatic heterocycles. The smallest absolute Gasteiger partial charge is 0.143 e. The number of rotatable bonds is 4. The van der Waals surface area contributed by atoms with Crippen molar-refractivity contribution in [1.82, 2.24) is 4.98 Å². The summed E-state index contributed by atoms with van der Waals surface area (Å²) < 4.78 is 13.1. The van der Waals surface area contributed by atoms with Gasteiger partial charge in [-0.25, -0.2) is 4.39 Å². The topological polar surface area (TPSA) is 50.9 Å². The maximum Gasteiger partial charge on any atom is 0.143 e. The van der Waals surface area contributed by atoms with Crippen molar-refractivity contribution in [1.29, 1.82) is 0 Å². The summed E-state index contributed by atoms with van der Waals surface area (Å²) in [6.45, 7) is 0.656. The second kappa shape index (κ2) is 5.69. The molecule has 2 aromatic rings. The molecule has 0 amide bonds. The molecule has 2 rings (SSSR count). The number of aromatic nitrogens is 1. The van der Waals surface area contributed by atoms with Gasteiger partial charge in [0.05, 0.1) is 16.4 Å². The van der Waals surface area contributed by atoms with Crippen LogP contribution in [0.2, 0.25) is 5.02 Å². The van der Waals surface area contributed by atoms with Crippen LogP contribution in [0.25, 0.3) is 0 Å². The second-order valence-electron chi connectivity index (χ2n) is 3.85. The van der Waals surface area contributed by atoms with Crippen molar-refractivity contribution in [2.24, 2.45) is 0 Å². The average Bonchev–Trinajstić information content (AvgIpc) is 2.37. The lowest BCUT2D eigenvalue weighted by Crippen LogP contribution is -2.08. The fraction of sp³-hybridized carbons (Fsp3) is 0.154. The van der Waals surface area contributed by atoms with Crippen LogP contribution in [-0.2, 0) is 6.42 Å². The quantitative estimate of drug-likeness (QED) is 0.835. The van der Waals surface area contributed by atoms with Crippen LogP contribution in [0.5, 0.6) is 0 Å². The van der Waals surface area contributed by atoms with Crippen molar-refractivity contribution in [2.75, 3.05) is 17.6 Å². The number of nitrogens with zero attached hydrogens (tertiary/aromatic N) is 1. The van der Waals surface area contributed by atoms with Gasteiger partial charge in [-0.2, -0.15) is 0 Å². The van der Waals surface area contributed by atoms with Crippen LogP contribution < -0.4 is 11.1 Å². The van der Waals surface area contributed by atoms with E-state index in [0.717, 1.165) is 12.1 Å². The van der Waals surface area contributed by atoms with E-state index < -0.39 is 5.82 Å². The first-order valence-corrected chi connectivity index (χ1v) is 5.93. The number of hydrogen-bond acceptors (Lipinski definition) is 3. The highest BCUT2D eigenvalue weighted by Crippen LogP contribution is 2.26. The Bertz CT molecular complexity index is 531. The number of nitrogen functional groups attached to an aromatic ring is 1. The van der Waals surface area contributed by atoms with Gasteiger partial charge < -0.3 is 11.1 Å². The zero-order chi connectivity index (χ0) is 13.0. The van der Waals surface area contributed by atoms with Crippen LogP contribution in [0.3, 0.4) is 0 Å². The summed E-state index contributed by atoms with van der Waals surface area (Å²) in [6.07, 6.45) is 2.51. The van der Waals surface area contributed by atoms with Gasteiger partial charge >= 0.3 is 0 Å². The molecule has 0 aliphatic rings. The van der Waals surface area contributed by atoms with Crippen LogP contribution in [0.1, 0.15) is 5.69 Å². The Morgan fingerprint density at radius 3 is 2.89 bits per heavy atom. The highest BCUT2D eigenvalue weighted by Gasteiger charge is 2.05. The van der Waals surface area contributed by atoms with Gasteiger partial charge in [-0.15, -0.1) is 0 Å². The number of nitrogens with one attached hydrogen (secondary N) is 1. The van der Waals surface area contributed by atoms with Crippen molar-refractivity contribution in [3.05, 3.63) is 53.1 Å². The first-order chi connectivity index (χ1) is 8.66. The average molecular weight is 266 g/mol. The summed E-state index contributed by atoms with van der Waals surface area (Å²) in [4.78, 5) is 4.21. The van der Waals surface area contributed by atoms with Crippen LogP contribution in [0.4, 0.5) is 15.8 Å². The first kappa shape index (κ1) is 12.6. The van der Waals surface area contributed by atoms with Crippen molar-refractivity contribution < 1.29 is 4.39 Å². The fourth-order valence-electron chi connectivity index (χ4n) is 1.59. The lowest BCUT2D eigenvalue weighted by Gasteiger charge is -2.10. The van der Waals surface area contributed by atoms with Crippen molar-refractivity contribution in [3.8, 4) is 0 Å². The molecular formula is C13H13ClFN3. The van der Waals surface area contributed by atoms with Crippen LogP contribution in [-0.4, -0.2) is 11.5 Å². The summed E-state index contributed by atoms with van der Waals surface area (Å²) in [5, 5.41) is 3.17. The van der Waals surface area contributed by atoms with Crippen molar-refractivity contribution in [3.63, 3.8) is 0 Å². The molecule has 3 nitrogen and oxygen atoms in total. The molecule has 0 unspecified atom stereocenters. The fourth-order valence-corrected chi connectivity index (χ4v) is 1.75. The molecule has 0 aliphatic heterocycles. The van der Waals surface area contributed by atoms with E-state index in [9.17, 15) is 4.39 Å². The maximum atomic E-state index is 13.1. The van der Waals surface area contributed by atoms with Gasteiger partial charge in [-0.3, -0.25) is 4.98 Å². The SMILES string of the molecule is Nc1cc(F)c(Cl)cc1NCCc1ccccn1. The molecular weight excluding hydrogens is 253 g/mol. The molecule has 3 N–H and O–H groups in total. The largest absolute Gasteiger partial charge is 0.397 e. The summed E-state index contributed by atoms with van der Waals surface area (Å²) in [6, 6.07) is 8.46. The minimum absolute atomic E-state index is 0.0598. The summed E-state index contributed by atoms with van der Waals surface area (Å²) in [7, 11) is 0. The van der Waals surface area contributed by atoms with Gasteiger partial charge in [-0.1, -0.05) is 17.7 Å². The minimum atomic E-state index is -0.510. The van der Waals surface area contributed by atoms with Crippen molar-refractivity contribution >= 4 is 23.0 Å². The second-order valence-corrected chi connectivity index (χ2v) is 4.26. The Morgan fingerprint density at radius 1 is 1.33 bits per heavy atom. The Balaban J connectivity index is 1.97. The highest BCUT2D eigenvalue weighted by molar-refractivity contribution is 6.31. The highest BCUT2D eigenvalue weighted by atomic mass is 35.5. The van der Waals surface area contributed by atoms with Crippen LogP contribution in [0, 0.1) is 5.82 Å². The van der Waals surface area contributed by atoms with E-state index in [2.05, 4.69) is 10.3 Å². The zero-order valence-corrected chi connectivity index (χ0v) is 10.4. The standard InChI is InChI=1S/C13H13ClFN3/c14-10-7-13(12(16)8-11(10)15)18-6-4-9-3-1-2-5-17-9/h1-3,5,7-8,18H,4,6,16H2. The predicted octanol–water partition coefficient (Wildman–Crippen LogP) is 3.11. The van der Waals surface area contributed by atoms with Gasteiger partial charge in [0.2, 0.25) is 0 Å². The molecule has 0 atom stereocenters. The third-order valence-corrected chi connectivity index (χ3v) is 2.80. The summed E-state index contributed by atoms with van der Waals surface area (Å²) >= 11 is 5.70. The minimum Gasteiger partial charge on any atom is -0.397 e. The third-order valence-electron chi connectivity index (χ3n) is 2.52. The lowest BCUT2D eigenvalue weighted by molar-refractivity contribution is 0.629. The van der Waals surface area contributed by atoms with E-state index in [4.69, 9.17) is 17.3 Å². The molecule has 0 bridgehead atoms. The molecule has 0 fully saturated rings. The van der Waals surface area contributed by atoms with Crippen LogP contribution >= 0.6 is 11.6 Å². The third kappa shape index (κ3) is 3.11. The zero-order valence-electron chi connectivity index (χ0n) is 9.66. The van der Waals surface area contributed by atoms with Crippen LogP contribution in [0.15, 0.2) is 36.5 Å². The van der Waals surface area contributed by atoms with E-state index >= 15 is 0 Å². The number of nitrogens with two attached hydrogens (primary N) is 1. The van der Waals surface area contributed by atoms with Gasteiger partial charge in [0.1, 0.15) is 5.82 Å². The van der Waals surface area contributed by atoms with E-state index in [1.165, 1.54) is 12.1 Å². The predicted molar refractivity (Wildman–Crippen MR) is 72.3 cm³/mol. The molecule has 5 heteroatoms. The number of halogens is 2. The Labute approximate surface area is 110 Å². The van der Waals surface area contributed by atoms with E-state index in [-0.39, 0.29) is 5.02 Å². The van der Waals surface area contributed by atoms with Gasteiger partial charge in [-0.05, 0) is 18.2 Å².